The molecule has 0 aromatic carbocycles. The smallest absolute Gasteiger partial charge is 0.133 e. The molecule has 4 unspecified atom stereocenters. The molecule has 0 heterocycles. The van der Waals surface area contributed by atoms with Crippen molar-refractivity contribution in [1.82, 2.24) is 0 Å². The number of rotatable bonds is 2. The van der Waals surface area contributed by atoms with E-state index in [0.717, 1.165) is 34.2 Å². The van der Waals surface area contributed by atoms with Gasteiger partial charge in [-0.15, -0.1) is 0 Å². The zero-order valence-corrected chi connectivity index (χ0v) is 18.2. The van der Waals surface area contributed by atoms with Crippen LogP contribution in [0.15, 0.2) is 0 Å². The van der Waals surface area contributed by atoms with Crippen LogP contribution in [0.2, 0.25) is 0 Å². The van der Waals surface area contributed by atoms with Gasteiger partial charge in [0.15, 0.2) is 0 Å². The first kappa shape index (κ1) is 19.0. The number of nitrogens with zero attached hydrogens (tertiary/aromatic N) is 1. The normalized spacial score (nSPS) is 51.3. The summed E-state index contributed by atoms with van der Waals surface area (Å²) in [5.74, 6) is 4.42. The predicted octanol–water partition coefficient (Wildman–Crippen LogP) is 5.31. The molecule has 4 aliphatic rings. The van der Waals surface area contributed by atoms with Gasteiger partial charge in [-0.3, -0.25) is 4.79 Å². The molecule has 2 heteroatoms. The maximum Gasteiger partial charge on any atom is 0.133 e. The average Bonchev–Trinajstić information content (AvgIpc) is 2.90. The lowest BCUT2D eigenvalue weighted by molar-refractivity contribution is -0.898. The highest BCUT2D eigenvalue weighted by atomic mass is 16.1. The molecule has 148 valence electrons. The number of Topliss-reactive ketones (excluding diaryl/α,β-unsaturated/α-hetero) is 1. The third kappa shape index (κ3) is 2.65. The molecule has 0 saturated heterocycles. The Balaban J connectivity index is 1.57. The van der Waals surface area contributed by atoms with E-state index in [9.17, 15) is 4.79 Å². The summed E-state index contributed by atoms with van der Waals surface area (Å²) in [4.78, 5) is 12.3. The Bertz CT molecular complexity index is 577. The monoisotopic (exact) mass is 360 g/mol. The molecule has 4 aliphatic carbocycles. The van der Waals surface area contributed by atoms with Crippen molar-refractivity contribution >= 4 is 5.78 Å². The van der Waals surface area contributed by atoms with Crippen molar-refractivity contribution < 1.29 is 9.28 Å². The van der Waals surface area contributed by atoms with Crippen molar-refractivity contribution in [2.45, 2.75) is 84.6 Å². The van der Waals surface area contributed by atoms with Gasteiger partial charge in [-0.25, -0.2) is 0 Å². The zero-order chi connectivity index (χ0) is 18.9. The van der Waals surface area contributed by atoms with Gasteiger partial charge in [0, 0.05) is 12.3 Å². The highest BCUT2D eigenvalue weighted by Crippen LogP contribution is 2.67. The summed E-state index contributed by atoms with van der Waals surface area (Å²) in [5.41, 5.74) is 0.889. The summed E-state index contributed by atoms with van der Waals surface area (Å²) in [6.45, 7) is 7.00. The number of hydrogen-bond donors (Lipinski definition) is 0. The van der Waals surface area contributed by atoms with Crippen molar-refractivity contribution in [2.24, 2.45) is 40.4 Å². The van der Waals surface area contributed by atoms with E-state index in [0.29, 0.717) is 22.5 Å². The summed E-state index contributed by atoms with van der Waals surface area (Å²) in [6.07, 6.45) is 12.4. The maximum absolute atomic E-state index is 12.3. The molecule has 26 heavy (non-hydrogen) atoms. The number of carbonyl (C=O) groups excluding carboxylic acids is 1. The molecule has 0 aromatic rings. The largest absolute Gasteiger partial charge is 0.328 e. The van der Waals surface area contributed by atoms with Crippen molar-refractivity contribution in [3.05, 3.63) is 0 Å². The zero-order valence-electron chi connectivity index (χ0n) is 18.2. The van der Waals surface area contributed by atoms with Gasteiger partial charge in [0.25, 0.3) is 0 Å². The van der Waals surface area contributed by atoms with Crippen molar-refractivity contribution in [3.63, 3.8) is 0 Å². The van der Waals surface area contributed by atoms with Gasteiger partial charge in [0.2, 0.25) is 0 Å². The van der Waals surface area contributed by atoms with Gasteiger partial charge in [-0.05, 0) is 92.8 Å². The van der Waals surface area contributed by atoms with E-state index in [1.165, 1.54) is 57.8 Å². The summed E-state index contributed by atoms with van der Waals surface area (Å²) in [5, 5.41) is 0. The van der Waals surface area contributed by atoms with E-state index >= 15 is 0 Å². The first-order valence-corrected chi connectivity index (χ1v) is 11.4. The molecule has 8 atom stereocenters. The standard InChI is InChI=1S/C24H42NO/c1-16(26)20-9-10-21-19-8-7-17-15-18(25(4,5)6)11-13-23(17,2)22(19)12-14-24(20,21)3/h17-22H,7-15H2,1-6H3/q+1/t17-,18-,19?,20?,21?,22?,23+,24-/m1/s1. The Morgan fingerprint density at radius 2 is 1.50 bits per heavy atom. The number of hydrogen-bond acceptors (Lipinski definition) is 1. The second kappa shape index (κ2) is 6.06. The lowest BCUT2D eigenvalue weighted by atomic mass is 9.44. The second-order valence-electron chi connectivity index (χ2n) is 12.0. The Labute approximate surface area is 161 Å². The molecule has 0 amide bonds. The lowest BCUT2D eigenvalue weighted by Gasteiger charge is -2.61. The van der Waals surface area contributed by atoms with Gasteiger partial charge in [-0.1, -0.05) is 13.8 Å². The first-order valence-electron chi connectivity index (χ1n) is 11.4. The Kier molecular flexibility index (Phi) is 4.42. The van der Waals surface area contributed by atoms with Crippen LogP contribution in [0.1, 0.15) is 78.6 Å². The lowest BCUT2D eigenvalue weighted by Crippen LogP contribution is -2.57. The van der Waals surface area contributed by atoms with Crippen LogP contribution in [0.25, 0.3) is 0 Å². The van der Waals surface area contributed by atoms with Gasteiger partial charge >= 0.3 is 0 Å². The molecular formula is C24H42NO+. The van der Waals surface area contributed by atoms with Crippen molar-refractivity contribution in [1.29, 1.82) is 0 Å². The minimum absolute atomic E-state index is 0.315. The molecule has 0 radical (unpaired) electrons. The summed E-state index contributed by atoms with van der Waals surface area (Å²) in [6, 6.07) is 0.854. The maximum atomic E-state index is 12.3. The fourth-order valence-electron chi connectivity index (χ4n) is 8.61. The Morgan fingerprint density at radius 1 is 0.846 bits per heavy atom. The molecule has 0 aliphatic heterocycles. The Hall–Kier alpha value is -0.370. The van der Waals surface area contributed by atoms with Crippen LogP contribution >= 0.6 is 0 Å². The molecule has 0 bridgehead atoms. The number of ketones is 1. The van der Waals surface area contributed by atoms with Crippen molar-refractivity contribution in [2.75, 3.05) is 21.1 Å². The van der Waals surface area contributed by atoms with Gasteiger partial charge in [-0.2, -0.15) is 0 Å². The van der Waals surface area contributed by atoms with E-state index in [-0.39, 0.29) is 0 Å². The third-order valence-corrected chi connectivity index (χ3v) is 10.2. The van der Waals surface area contributed by atoms with Crippen LogP contribution in [0.4, 0.5) is 0 Å². The van der Waals surface area contributed by atoms with Crippen LogP contribution in [0, 0.1) is 40.4 Å². The van der Waals surface area contributed by atoms with Crippen LogP contribution < -0.4 is 0 Å². The molecule has 0 spiro atoms. The number of fused-ring (bicyclic) bond motifs is 5. The van der Waals surface area contributed by atoms with Crippen molar-refractivity contribution in [3.8, 4) is 0 Å². The number of carbonyl (C=O) groups is 1. The third-order valence-electron chi connectivity index (χ3n) is 10.2. The van der Waals surface area contributed by atoms with Crippen LogP contribution in [0.3, 0.4) is 0 Å². The summed E-state index contributed by atoms with van der Waals surface area (Å²) < 4.78 is 1.14. The SMILES string of the molecule is CC(=O)C1CCC2C3CC[C@@H]4C[C@H]([N+](C)(C)C)CC[C@]4(C)C3CC[C@]12C. The molecule has 0 N–H and O–H groups in total. The predicted molar refractivity (Wildman–Crippen MR) is 108 cm³/mol. The van der Waals surface area contributed by atoms with Crippen LogP contribution in [-0.4, -0.2) is 37.5 Å². The minimum Gasteiger partial charge on any atom is -0.328 e. The molecule has 4 saturated carbocycles. The fourth-order valence-corrected chi connectivity index (χ4v) is 8.61. The van der Waals surface area contributed by atoms with E-state index in [1.807, 2.05) is 6.92 Å². The highest BCUT2D eigenvalue weighted by Gasteiger charge is 2.61. The van der Waals surface area contributed by atoms with Gasteiger partial charge in [0.05, 0.1) is 27.2 Å². The first-order chi connectivity index (χ1) is 12.1. The van der Waals surface area contributed by atoms with E-state index in [4.69, 9.17) is 0 Å². The number of quaternary nitrogens is 1. The summed E-state index contributed by atoms with van der Waals surface area (Å²) >= 11 is 0. The quantitative estimate of drug-likeness (QED) is 0.610. The van der Waals surface area contributed by atoms with Gasteiger partial charge < -0.3 is 4.48 Å². The fraction of sp³-hybridized carbons (Fsp3) is 0.958. The summed E-state index contributed by atoms with van der Waals surface area (Å²) in [7, 11) is 7.18. The second-order valence-corrected chi connectivity index (χ2v) is 12.0. The van der Waals surface area contributed by atoms with Crippen LogP contribution in [0.5, 0.6) is 0 Å². The molecule has 2 nitrogen and oxygen atoms in total. The van der Waals surface area contributed by atoms with E-state index in [1.54, 1.807) is 0 Å². The van der Waals surface area contributed by atoms with Crippen LogP contribution in [-0.2, 0) is 4.79 Å². The minimum atomic E-state index is 0.315. The van der Waals surface area contributed by atoms with E-state index < -0.39 is 0 Å². The topological polar surface area (TPSA) is 17.1 Å². The molecular weight excluding hydrogens is 318 g/mol. The molecule has 4 rings (SSSR count). The molecule has 0 aromatic heterocycles. The average molecular weight is 361 g/mol. The Morgan fingerprint density at radius 3 is 2.15 bits per heavy atom. The highest BCUT2D eigenvalue weighted by molar-refractivity contribution is 5.79. The molecule has 4 fully saturated rings. The van der Waals surface area contributed by atoms with Gasteiger partial charge in [0.1, 0.15) is 5.78 Å². The van der Waals surface area contributed by atoms with E-state index in [2.05, 4.69) is 35.0 Å².